The highest BCUT2D eigenvalue weighted by Crippen LogP contribution is 2.37. The SMILES string of the molecule is CC(CCCN)(C(=O)O)N1C(=O)c2ccccc2S1(=O)=O. The number of hydrogen-bond donors (Lipinski definition) is 2. The molecule has 7 nitrogen and oxygen atoms in total. The summed E-state index contributed by atoms with van der Waals surface area (Å²) < 4.78 is 25.5. The van der Waals surface area contributed by atoms with Crippen molar-refractivity contribution < 1.29 is 23.1 Å². The Hall–Kier alpha value is -1.93. The molecular weight excluding hydrogens is 296 g/mol. The lowest BCUT2D eigenvalue weighted by Crippen LogP contribution is -2.55. The number of benzene rings is 1. The first-order chi connectivity index (χ1) is 9.76. The van der Waals surface area contributed by atoms with E-state index in [9.17, 15) is 23.1 Å². The minimum Gasteiger partial charge on any atom is -0.479 e. The molecule has 1 aliphatic rings. The highest BCUT2D eigenvalue weighted by Gasteiger charge is 2.54. The van der Waals surface area contributed by atoms with Crippen molar-refractivity contribution >= 4 is 21.9 Å². The summed E-state index contributed by atoms with van der Waals surface area (Å²) in [6, 6.07) is 5.70. The fourth-order valence-corrected chi connectivity index (χ4v) is 4.31. The molecule has 3 N–H and O–H groups in total. The zero-order valence-corrected chi connectivity index (χ0v) is 12.3. The van der Waals surface area contributed by atoms with Crippen LogP contribution >= 0.6 is 0 Å². The Bertz CT molecular complexity index is 700. The predicted molar refractivity (Wildman–Crippen MR) is 74.1 cm³/mol. The zero-order chi connectivity index (χ0) is 15.8. The third-order valence-electron chi connectivity index (χ3n) is 3.60. The van der Waals surface area contributed by atoms with Crippen molar-refractivity contribution in [2.45, 2.75) is 30.2 Å². The number of nitrogens with two attached hydrogens (primary N) is 1. The molecule has 0 saturated carbocycles. The van der Waals surface area contributed by atoms with Gasteiger partial charge < -0.3 is 10.8 Å². The summed E-state index contributed by atoms with van der Waals surface area (Å²) in [4.78, 5) is 23.8. The van der Waals surface area contributed by atoms with E-state index in [1.54, 1.807) is 0 Å². The molecule has 0 bridgehead atoms. The number of carbonyl (C=O) groups excluding carboxylic acids is 1. The summed E-state index contributed by atoms with van der Waals surface area (Å²) in [6.07, 6.45) is 0.246. The van der Waals surface area contributed by atoms with Gasteiger partial charge in [0, 0.05) is 0 Å². The van der Waals surface area contributed by atoms with Gasteiger partial charge in [-0.1, -0.05) is 12.1 Å². The number of rotatable bonds is 5. The normalized spacial score (nSPS) is 19.1. The lowest BCUT2D eigenvalue weighted by Gasteiger charge is -2.33. The fraction of sp³-hybridized carbons (Fsp3) is 0.385. The van der Waals surface area contributed by atoms with Gasteiger partial charge in [0.05, 0.1) is 5.56 Å². The van der Waals surface area contributed by atoms with Crippen molar-refractivity contribution in [3.8, 4) is 0 Å². The van der Waals surface area contributed by atoms with E-state index in [4.69, 9.17) is 5.73 Å². The average Bonchev–Trinajstić information content (AvgIpc) is 2.64. The first-order valence-corrected chi connectivity index (χ1v) is 7.83. The van der Waals surface area contributed by atoms with Crippen molar-refractivity contribution in [2.75, 3.05) is 6.54 Å². The van der Waals surface area contributed by atoms with Crippen molar-refractivity contribution in [2.24, 2.45) is 5.73 Å². The maximum absolute atomic E-state index is 12.5. The summed E-state index contributed by atoms with van der Waals surface area (Å²) in [6.45, 7) is 1.43. The molecule has 0 aromatic heterocycles. The minimum absolute atomic E-state index is 0.00211. The van der Waals surface area contributed by atoms with Crippen LogP contribution in [0.1, 0.15) is 30.1 Å². The van der Waals surface area contributed by atoms with Crippen LogP contribution in [0.2, 0.25) is 0 Å². The molecule has 2 rings (SSSR count). The molecule has 1 heterocycles. The third-order valence-corrected chi connectivity index (χ3v) is 5.56. The molecule has 0 fully saturated rings. The highest BCUT2D eigenvalue weighted by atomic mass is 32.2. The molecule has 1 aromatic carbocycles. The summed E-state index contributed by atoms with van der Waals surface area (Å²) in [7, 11) is -4.17. The van der Waals surface area contributed by atoms with Gasteiger partial charge in [0.1, 0.15) is 4.90 Å². The Labute approximate surface area is 122 Å². The Kier molecular flexibility index (Phi) is 3.77. The molecule has 114 valence electrons. The molecular formula is C13H16N2O5S. The monoisotopic (exact) mass is 312 g/mol. The minimum atomic E-state index is -4.17. The number of nitrogens with zero attached hydrogens (tertiary/aromatic N) is 1. The van der Waals surface area contributed by atoms with E-state index >= 15 is 0 Å². The second kappa shape index (κ2) is 5.12. The smallest absolute Gasteiger partial charge is 0.330 e. The maximum Gasteiger partial charge on any atom is 0.330 e. The summed E-state index contributed by atoms with van der Waals surface area (Å²) in [5, 5.41) is 9.45. The van der Waals surface area contributed by atoms with Crippen LogP contribution < -0.4 is 5.73 Å². The quantitative estimate of drug-likeness (QED) is 0.813. The van der Waals surface area contributed by atoms with Crippen molar-refractivity contribution in [1.82, 2.24) is 4.31 Å². The van der Waals surface area contributed by atoms with E-state index in [1.807, 2.05) is 0 Å². The topological polar surface area (TPSA) is 118 Å². The zero-order valence-electron chi connectivity index (χ0n) is 11.4. The largest absolute Gasteiger partial charge is 0.479 e. The molecule has 0 radical (unpaired) electrons. The molecule has 1 amide bonds. The van der Waals surface area contributed by atoms with E-state index in [2.05, 4.69) is 0 Å². The first-order valence-electron chi connectivity index (χ1n) is 6.39. The van der Waals surface area contributed by atoms with Crippen molar-refractivity contribution in [3.05, 3.63) is 29.8 Å². The molecule has 0 aliphatic carbocycles. The van der Waals surface area contributed by atoms with Gasteiger partial charge in [-0.15, -0.1) is 0 Å². The highest BCUT2D eigenvalue weighted by molar-refractivity contribution is 7.90. The summed E-state index contributed by atoms with van der Waals surface area (Å²) in [5.41, 5.74) is 3.52. The molecule has 0 spiro atoms. The van der Waals surface area contributed by atoms with Crippen molar-refractivity contribution in [3.63, 3.8) is 0 Å². The van der Waals surface area contributed by atoms with Gasteiger partial charge in [-0.3, -0.25) is 4.79 Å². The van der Waals surface area contributed by atoms with Crippen LogP contribution in [0.4, 0.5) is 0 Å². The number of amides is 1. The molecule has 1 aliphatic heterocycles. The number of hydrogen-bond acceptors (Lipinski definition) is 5. The van der Waals surface area contributed by atoms with Crippen LogP contribution in [0.3, 0.4) is 0 Å². The molecule has 1 unspecified atom stereocenters. The average molecular weight is 312 g/mol. The van der Waals surface area contributed by atoms with E-state index in [0.29, 0.717) is 10.7 Å². The second-order valence-electron chi connectivity index (χ2n) is 5.04. The van der Waals surface area contributed by atoms with Crippen LogP contribution in [-0.4, -0.2) is 41.8 Å². The van der Waals surface area contributed by atoms with Gasteiger partial charge >= 0.3 is 5.97 Å². The number of carboxylic acids is 1. The van der Waals surface area contributed by atoms with Gasteiger partial charge in [0.2, 0.25) is 0 Å². The molecule has 0 saturated heterocycles. The van der Waals surface area contributed by atoms with E-state index < -0.39 is 27.4 Å². The van der Waals surface area contributed by atoms with E-state index in [0.717, 1.165) is 0 Å². The first kappa shape index (κ1) is 15.5. The van der Waals surface area contributed by atoms with Crippen LogP contribution in [0.5, 0.6) is 0 Å². The standard InChI is InChI=1S/C13H16N2O5S/c1-13(12(17)18,7-4-8-14)15-11(16)9-5-2-3-6-10(9)21(15,19)20/h2-3,5-6H,4,7-8,14H2,1H3,(H,17,18). The Morgan fingerprint density at radius 2 is 2.00 bits per heavy atom. The van der Waals surface area contributed by atoms with Gasteiger partial charge in [0.15, 0.2) is 5.54 Å². The summed E-state index contributed by atoms with van der Waals surface area (Å²) in [5.74, 6) is -2.19. The summed E-state index contributed by atoms with van der Waals surface area (Å²) >= 11 is 0. The van der Waals surface area contributed by atoms with Crippen LogP contribution in [-0.2, 0) is 14.8 Å². The Morgan fingerprint density at radius 1 is 1.38 bits per heavy atom. The number of sulfonamides is 1. The van der Waals surface area contributed by atoms with Crippen molar-refractivity contribution in [1.29, 1.82) is 0 Å². The lowest BCUT2D eigenvalue weighted by molar-refractivity contribution is -0.146. The molecule has 1 aromatic rings. The predicted octanol–water partition coefficient (Wildman–Crippen LogP) is 0.413. The van der Waals surface area contributed by atoms with E-state index in [-0.39, 0.29) is 23.4 Å². The van der Waals surface area contributed by atoms with Gasteiger partial charge in [-0.05, 0) is 38.4 Å². The maximum atomic E-state index is 12.5. The van der Waals surface area contributed by atoms with Crippen LogP contribution in [0, 0.1) is 0 Å². The molecule has 21 heavy (non-hydrogen) atoms. The Balaban J connectivity index is 2.59. The van der Waals surface area contributed by atoms with Crippen LogP contribution in [0.25, 0.3) is 0 Å². The molecule has 8 heteroatoms. The fourth-order valence-electron chi connectivity index (χ4n) is 2.42. The number of aliphatic carboxylic acids is 1. The Morgan fingerprint density at radius 3 is 2.52 bits per heavy atom. The second-order valence-corrected chi connectivity index (χ2v) is 6.80. The van der Waals surface area contributed by atoms with E-state index in [1.165, 1.54) is 31.2 Å². The lowest BCUT2D eigenvalue weighted by atomic mass is 9.95. The van der Waals surface area contributed by atoms with Gasteiger partial charge in [-0.2, -0.15) is 0 Å². The van der Waals surface area contributed by atoms with Crippen LogP contribution in [0.15, 0.2) is 29.2 Å². The van der Waals surface area contributed by atoms with Gasteiger partial charge in [0.25, 0.3) is 15.9 Å². The van der Waals surface area contributed by atoms with Gasteiger partial charge in [-0.25, -0.2) is 17.5 Å². The number of carboxylic acid groups (broad SMARTS) is 1. The number of fused-ring (bicyclic) bond motifs is 1. The number of carbonyl (C=O) groups is 2. The third kappa shape index (κ3) is 2.20. The molecule has 1 atom stereocenters.